The zero-order valence-electron chi connectivity index (χ0n) is 19.2. The summed E-state index contributed by atoms with van der Waals surface area (Å²) < 4.78 is 32.0. The summed E-state index contributed by atoms with van der Waals surface area (Å²) in [4.78, 5) is 46.6. The summed E-state index contributed by atoms with van der Waals surface area (Å²) in [5, 5.41) is 22.8. The van der Waals surface area contributed by atoms with E-state index in [1.165, 1.54) is 18.2 Å². The molecule has 178 valence electrons. The molecule has 0 aromatic heterocycles. The molecule has 0 aliphatic heterocycles. The molecule has 0 heterocycles. The number of hydrogen-bond donors (Lipinski definition) is 2. The van der Waals surface area contributed by atoms with Crippen LogP contribution in [0.1, 0.15) is 46.5 Å². The maximum absolute atomic E-state index is 17.0. The minimum Gasteiger partial charge on any atom is -0.790 e. The number of Topliss-reactive ketones (excluding diaryl/α,β-unsaturated/α-hetero) is 1. The van der Waals surface area contributed by atoms with Crippen LogP contribution in [0.15, 0.2) is 23.8 Å². The van der Waals surface area contributed by atoms with E-state index < -0.39 is 66.2 Å². The molecule has 0 aromatic rings. The van der Waals surface area contributed by atoms with Crippen molar-refractivity contribution in [1.29, 1.82) is 0 Å². The van der Waals surface area contributed by atoms with Crippen molar-refractivity contribution < 1.29 is 72.6 Å². The van der Waals surface area contributed by atoms with E-state index >= 15 is 4.39 Å². The predicted molar refractivity (Wildman–Crippen MR) is 106 cm³/mol. The zero-order chi connectivity index (χ0) is 23.9. The molecule has 2 N–H and O–H groups in total. The van der Waals surface area contributed by atoms with E-state index in [0.717, 1.165) is 0 Å². The van der Waals surface area contributed by atoms with Gasteiger partial charge in [0, 0.05) is 16.7 Å². The summed E-state index contributed by atoms with van der Waals surface area (Å²) in [6.07, 6.45) is 3.54. The number of allylic oxidation sites excluding steroid dienone is 4. The largest absolute Gasteiger partial charge is 1.00 e. The fourth-order valence-electron chi connectivity index (χ4n) is 7.39. The van der Waals surface area contributed by atoms with Crippen LogP contribution in [0.2, 0.25) is 0 Å². The quantitative estimate of drug-likeness (QED) is 0.330. The van der Waals surface area contributed by atoms with Crippen molar-refractivity contribution in [1.82, 2.24) is 0 Å². The van der Waals surface area contributed by atoms with Crippen LogP contribution >= 0.6 is 7.82 Å². The minimum atomic E-state index is -5.43. The molecule has 4 rings (SSSR count). The Hall–Kier alpha value is -0.220. The van der Waals surface area contributed by atoms with Gasteiger partial charge in [0.15, 0.2) is 17.2 Å². The number of aliphatic hydroxyl groups is 2. The molecule has 3 fully saturated rings. The Balaban J connectivity index is 0.00000306. The first-order chi connectivity index (χ1) is 14.6. The number of rotatable bonds is 4. The Labute approximate surface area is 214 Å². The maximum atomic E-state index is 17.0. The van der Waals surface area contributed by atoms with Gasteiger partial charge in [0.1, 0.15) is 12.2 Å². The van der Waals surface area contributed by atoms with Gasteiger partial charge in [-0.3, -0.25) is 9.59 Å². The van der Waals surface area contributed by atoms with Crippen LogP contribution in [0, 0.1) is 28.6 Å². The number of fused-ring (bicyclic) bond motifs is 5. The van der Waals surface area contributed by atoms with Gasteiger partial charge in [-0.25, -0.2) is 4.39 Å². The molecule has 0 spiro atoms. The van der Waals surface area contributed by atoms with Crippen molar-refractivity contribution in [3.8, 4) is 0 Å². The molecule has 8 nitrogen and oxygen atoms in total. The molecule has 0 amide bonds. The second-order valence-corrected chi connectivity index (χ2v) is 11.5. The van der Waals surface area contributed by atoms with E-state index in [4.69, 9.17) is 0 Å². The Morgan fingerprint density at radius 2 is 1.97 bits per heavy atom. The smallest absolute Gasteiger partial charge is 0.790 e. The zero-order valence-corrected chi connectivity index (χ0v) is 22.1. The molecular formula is C22H28FNaO8P-. The van der Waals surface area contributed by atoms with E-state index in [0.29, 0.717) is 18.4 Å². The second-order valence-electron chi connectivity index (χ2n) is 10.3. The molecule has 0 aromatic carbocycles. The number of alkyl halides is 1. The number of hydrogen-bond acceptors (Lipinski definition) is 8. The Morgan fingerprint density at radius 1 is 1.33 bits per heavy atom. The molecule has 3 saturated carbocycles. The maximum Gasteiger partial charge on any atom is 1.00 e. The van der Waals surface area contributed by atoms with Crippen molar-refractivity contribution in [2.24, 2.45) is 28.6 Å². The van der Waals surface area contributed by atoms with E-state index in [9.17, 15) is 34.2 Å². The molecule has 0 bridgehead atoms. The summed E-state index contributed by atoms with van der Waals surface area (Å²) in [6.45, 7) is 3.80. The number of ketones is 2. The number of phosphoric ester groups is 1. The molecule has 4 aliphatic rings. The first-order valence-corrected chi connectivity index (χ1v) is 12.3. The monoisotopic (exact) mass is 493 g/mol. The third kappa shape index (κ3) is 3.66. The summed E-state index contributed by atoms with van der Waals surface area (Å²) in [5.74, 6) is -3.06. The van der Waals surface area contributed by atoms with Gasteiger partial charge in [0.25, 0.3) is 0 Å². The summed E-state index contributed by atoms with van der Waals surface area (Å²) >= 11 is 0. The van der Waals surface area contributed by atoms with Gasteiger partial charge in [-0.1, -0.05) is 25.5 Å². The molecule has 11 heteroatoms. The van der Waals surface area contributed by atoms with Crippen molar-refractivity contribution in [2.45, 2.75) is 63.8 Å². The molecule has 0 radical (unpaired) electrons. The van der Waals surface area contributed by atoms with Crippen LogP contribution in [-0.4, -0.2) is 45.8 Å². The predicted octanol–water partition coefficient (Wildman–Crippen LogP) is -2.25. The van der Waals surface area contributed by atoms with E-state index in [2.05, 4.69) is 4.52 Å². The molecule has 8 atom stereocenters. The number of carbonyl (C=O) groups is 2. The fourth-order valence-corrected chi connectivity index (χ4v) is 7.66. The third-order valence-electron chi connectivity index (χ3n) is 9.00. The first-order valence-electron chi connectivity index (χ1n) is 10.8. The second kappa shape index (κ2) is 8.43. The summed E-state index contributed by atoms with van der Waals surface area (Å²) in [6, 6.07) is 0. The standard InChI is InChI=1S/C22H30FO8P.Na/c1-12-8-16-15-5-4-13-9-14(24)6-7-19(13,2)21(15,23)17(25)10-20(16,3)22(12,27)18(26)11-31-32(28,29)30;/h6-7,9,12,15-17,25,27H,4-5,8,10-11H2,1-3H3,(H2,28,29,30);/q;+1/p-2/t12?,15?,16?,17?,19-,20-,21-,22-;/m0./s1. The van der Waals surface area contributed by atoms with Gasteiger partial charge in [0.05, 0.1) is 13.9 Å². The van der Waals surface area contributed by atoms with Crippen LogP contribution in [0.4, 0.5) is 4.39 Å². The van der Waals surface area contributed by atoms with E-state index in [1.54, 1.807) is 20.8 Å². The molecule has 0 saturated heterocycles. The van der Waals surface area contributed by atoms with Crippen molar-refractivity contribution in [2.75, 3.05) is 6.61 Å². The average Bonchev–Trinajstić information content (AvgIpc) is 2.89. The van der Waals surface area contributed by atoms with Gasteiger partial charge in [0.2, 0.25) is 0 Å². The Bertz CT molecular complexity index is 979. The topological polar surface area (TPSA) is 147 Å². The number of aliphatic hydroxyl groups excluding tert-OH is 1. The fraction of sp³-hybridized carbons (Fsp3) is 0.727. The van der Waals surface area contributed by atoms with Crippen molar-refractivity contribution in [3.05, 3.63) is 23.8 Å². The first kappa shape index (κ1) is 27.4. The Kier molecular flexibility index (Phi) is 6.99. The van der Waals surface area contributed by atoms with Gasteiger partial charge < -0.3 is 29.1 Å². The van der Waals surface area contributed by atoms with Gasteiger partial charge >= 0.3 is 29.6 Å². The van der Waals surface area contributed by atoms with Crippen LogP contribution in [0.3, 0.4) is 0 Å². The number of halogens is 1. The summed E-state index contributed by atoms with van der Waals surface area (Å²) in [5.41, 5.74) is -6.03. The normalized spacial score (nSPS) is 46.5. The van der Waals surface area contributed by atoms with Crippen LogP contribution in [0.25, 0.3) is 0 Å². The number of carbonyl (C=O) groups excluding carboxylic acids is 2. The van der Waals surface area contributed by atoms with Gasteiger partial charge in [-0.15, -0.1) is 0 Å². The molecule has 4 unspecified atom stereocenters. The average molecular weight is 493 g/mol. The van der Waals surface area contributed by atoms with Crippen molar-refractivity contribution in [3.63, 3.8) is 0 Å². The molecule has 4 aliphatic carbocycles. The summed E-state index contributed by atoms with van der Waals surface area (Å²) in [7, 11) is -5.43. The SMILES string of the molecule is CC1CC2C3CCC4=CC(=O)C=C[C@]4(C)[C@@]3(F)C(O)C[C@]2(C)[C@@]1(O)C(=O)COP(=O)([O-])[O-].[Na+]. The number of phosphoric acid groups is 1. The van der Waals surface area contributed by atoms with Crippen LogP contribution in [0.5, 0.6) is 0 Å². The van der Waals surface area contributed by atoms with Crippen LogP contribution < -0.4 is 39.3 Å². The molecular weight excluding hydrogens is 465 g/mol. The molecule has 33 heavy (non-hydrogen) atoms. The minimum absolute atomic E-state index is 0. The van der Waals surface area contributed by atoms with Gasteiger partial charge in [-0.2, -0.15) is 0 Å². The Morgan fingerprint density at radius 3 is 2.58 bits per heavy atom. The van der Waals surface area contributed by atoms with E-state index in [1.807, 2.05) is 0 Å². The van der Waals surface area contributed by atoms with E-state index in [-0.39, 0.29) is 48.2 Å². The van der Waals surface area contributed by atoms with Crippen molar-refractivity contribution >= 4 is 19.4 Å². The third-order valence-corrected chi connectivity index (χ3v) is 9.45. The van der Waals surface area contributed by atoms with Gasteiger partial charge in [-0.05, 0) is 56.6 Å². The van der Waals surface area contributed by atoms with Crippen LogP contribution in [-0.2, 0) is 18.7 Å².